The van der Waals surface area contributed by atoms with E-state index < -0.39 is 0 Å². The van der Waals surface area contributed by atoms with Crippen LogP contribution in [0.2, 0.25) is 4.34 Å². The van der Waals surface area contributed by atoms with Crippen LogP contribution in [-0.4, -0.2) is 13.7 Å². The molecule has 0 aliphatic carbocycles. The molecule has 0 aliphatic heterocycles. The summed E-state index contributed by atoms with van der Waals surface area (Å²) < 4.78 is 6.28. The molecule has 0 saturated carbocycles. The lowest BCUT2D eigenvalue weighted by molar-refractivity contribution is 0.408. The van der Waals surface area contributed by atoms with Gasteiger partial charge in [0, 0.05) is 4.88 Å². The van der Waals surface area contributed by atoms with Crippen LogP contribution < -0.4 is 10.1 Å². The Labute approximate surface area is 121 Å². The van der Waals surface area contributed by atoms with Crippen molar-refractivity contribution in [2.45, 2.75) is 19.9 Å². The Morgan fingerprint density at radius 3 is 2.83 bits per heavy atom. The molecule has 0 amide bonds. The molecule has 1 unspecified atom stereocenters. The fraction of sp³-hybridized carbons (Fsp3) is 0.385. The lowest BCUT2D eigenvalue weighted by atomic mass is 10.1. The van der Waals surface area contributed by atoms with E-state index in [0.717, 1.165) is 22.2 Å². The molecule has 18 heavy (non-hydrogen) atoms. The van der Waals surface area contributed by atoms with Gasteiger partial charge >= 0.3 is 0 Å². The average Bonchev–Trinajstić information content (AvgIpc) is 2.94. The van der Waals surface area contributed by atoms with Crippen LogP contribution in [0.25, 0.3) is 0 Å². The summed E-state index contributed by atoms with van der Waals surface area (Å²) in [5.41, 5.74) is 1.13. The maximum absolute atomic E-state index is 6.17. The third kappa shape index (κ3) is 2.72. The lowest BCUT2D eigenvalue weighted by Crippen LogP contribution is -2.20. The molecule has 2 aromatic heterocycles. The Morgan fingerprint density at radius 2 is 2.28 bits per heavy atom. The Morgan fingerprint density at radius 1 is 1.50 bits per heavy atom. The van der Waals surface area contributed by atoms with Crippen LogP contribution in [0.15, 0.2) is 17.5 Å². The number of rotatable bonds is 5. The third-order valence-electron chi connectivity index (χ3n) is 2.71. The molecule has 1 atom stereocenters. The van der Waals surface area contributed by atoms with Crippen LogP contribution in [0.4, 0.5) is 0 Å². The molecule has 2 nitrogen and oxygen atoms in total. The van der Waals surface area contributed by atoms with Crippen molar-refractivity contribution >= 4 is 34.3 Å². The van der Waals surface area contributed by atoms with Gasteiger partial charge in [-0.15, -0.1) is 22.7 Å². The summed E-state index contributed by atoms with van der Waals surface area (Å²) in [6.07, 6.45) is 0. The lowest BCUT2D eigenvalue weighted by Gasteiger charge is -2.16. The van der Waals surface area contributed by atoms with Crippen molar-refractivity contribution < 1.29 is 4.74 Å². The van der Waals surface area contributed by atoms with Gasteiger partial charge in [0.2, 0.25) is 0 Å². The van der Waals surface area contributed by atoms with Crippen molar-refractivity contribution in [3.8, 4) is 5.75 Å². The maximum atomic E-state index is 6.17. The van der Waals surface area contributed by atoms with Crippen molar-refractivity contribution in [2.24, 2.45) is 0 Å². The first-order chi connectivity index (χ1) is 8.67. The van der Waals surface area contributed by atoms with Crippen LogP contribution >= 0.6 is 34.3 Å². The monoisotopic (exact) mass is 301 g/mol. The van der Waals surface area contributed by atoms with Crippen molar-refractivity contribution in [3.63, 3.8) is 0 Å². The Balaban J connectivity index is 2.39. The highest BCUT2D eigenvalue weighted by molar-refractivity contribution is 7.16. The van der Waals surface area contributed by atoms with Gasteiger partial charge in [0.05, 0.1) is 22.4 Å². The number of hydrogen-bond donors (Lipinski definition) is 1. The van der Waals surface area contributed by atoms with Crippen LogP contribution in [0.1, 0.15) is 28.3 Å². The summed E-state index contributed by atoms with van der Waals surface area (Å²) in [6.45, 7) is 5.05. The third-order valence-corrected chi connectivity index (χ3v) is 5.29. The van der Waals surface area contributed by atoms with Crippen molar-refractivity contribution in [1.29, 1.82) is 0 Å². The Kier molecular flexibility index (Phi) is 4.67. The summed E-state index contributed by atoms with van der Waals surface area (Å²) in [6, 6.07) is 4.33. The predicted molar refractivity (Wildman–Crippen MR) is 80.5 cm³/mol. The van der Waals surface area contributed by atoms with Crippen molar-refractivity contribution in [2.75, 3.05) is 13.7 Å². The molecule has 2 heterocycles. The topological polar surface area (TPSA) is 21.3 Å². The SMILES string of the molecule is CCNC(c1cc(C)c(Cl)s1)c1sccc1OC. The van der Waals surface area contributed by atoms with Gasteiger partial charge < -0.3 is 10.1 Å². The number of halogens is 1. The predicted octanol–water partition coefficient (Wildman–Crippen LogP) is 4.48. The first-order valence-electron chi connectivity index (χ1n) is 5.78. The highest BCUT2D eigenvalue weighted by Gasteiger charge is 2.21. The van der Waals surface area contributed by atoms with Gasteiger partial charge in [-0.25, -0.2) is 0 Å². The molecule has 2 aromatic rings. The van der Waals surface area contributed by atoms with Gasteiger partial charge in [-0.3, -0.25) is 0 Å². The van der Waals surface area contributed by atoms with E-state index in [-0.39, 0.29) is 6.04 Å². The number of thiophene rings is 2. The minimum atomic E-state index is 0.168. The zero-order valence-corrected chi connectivity index (χ0v) is 13.0. The molecule has 1 N–H and O–H groups in total. The summed E-state index contributed by atoms with van der Waals surface area (Å²) in [5, 5.41) is 5.55. The summed E-state index contributed by atoms with van der Waals surface area (Å²) in [7, 11) is 1.71. The molecule has 0 fully saturated rings. The van der Waals surface area contributed by atoms with Gasteiger partial charge in [-0.2, -0.15) is 0 Å². The van der Waals surface area contributed by atoms with E-state index in [2.05, 4.69) is 23.7 Å². The normalized spacial score (nSPS) is 12.7. The van der Waals surface area contributed by atoms with Gasteiger partial charge in [-0.05, 0) is 36.5 Å². The Bertz CT molecular complexity index is 501. The first kappa shape index (κ1) is 13.9. The molecule has 0 spiro atoms. The average molecular weight is 302 g/mol. The van der Waals surface area contributed by atoms with E-state index in [1.165, 1.54) is 9.75 Å². The molecule has 0 aliphatic rings. The molecule has 0 aromatic carbocycles. The van der Waals surface area contributed by atoms with E-state index in [4.69, 9.17) is 16.3 Å². The number of hydrogen-bond acceptors (Lipinski definition) is 4. The minimum Gasteiger partial charge on any atom is -0.496 e. The molecule has 0 bridgehead atoms. The van der Waals surface area contributed by atoms with Crippen LogP contribution in [0.5, 0.6) is 5.75 Å². The van der Waals surface area contributed by atoms with E-state index in [0.29, 0.717) is 0 Å². The second-order valence-electron chi connectivity index (χ2n) is 3.95. The van der Waals surface area contributed by atoms with Crippen molar-refractivity contribution in [3.05, 3.63) is 37.2 Å². The molecule has 0 radical (unpaired) electrons. The van der Waals surface area contributed by atoms with Gasteiger partial charge in [-0.1, -0.05) is 18.5 Å². The van der Waals surface area contributed by atoms with E-state index in [1.807, 2.05) is 13.0 Å². The first-order valence-corrected chi connectivity index (χ1v) is 7.85. The van der Waals surface area contributed by atoms with Crippen LogP contribution in [0.3, 0.4) is 0 Å². The fourth-order valence-corrected chi connectivity index (χ4v) is 4.17. The highest BCUT2D eigenvalue weighted by Crippen LogP contribution is 2.39. The molecule has 0 saturated heterocycles. The second kappa shape index (κ2) is 6.06. The van der Waals surface area contributed by atoms with E-state index in [1.54, 1.807) is 29.8 Å². The van der Waals surface area contributed by atoms with Gasteiger partial charge in [0.25, 0.3) is 0 Å². The fourth-order valence-electron chi connectivity index (χ4n) is 1.84. The molecular weight excluding hydrogens is 286 g/mol. The molecule has 98 valence electrons. The molecule has 5 heteroatoms. The van der Waals surface area contributed by atoms with Crippen molar-refractivity contribution in [1.82, 2.24) is 5.32 Å². The second-order valence-corrected chi connectivity index (χ2v) is 6.58. The summed E-state index contributed by atoms with van der Waals surface area (Å²) >= 11 is 9.51. The zero-order valence-electron chi connectivity index (χ0n) is 10.6. The van der Waals surface area contributed by atoms with E-state index in [9.17, 15) is 0 Å². The summed E-state index contributed by atoms with van der Waals surface area (Å²) in [4.78, 5) is 2.44. The number of methoxy groups -OCH3 is 1. The van der Waals surface area contributed by atoms with Gasteiger partial charge in [0.15, 0.2) is 0 Å². The largest absolute Gasteiger partial charge is 0.496 e. The zero-order chi connectivity index (χ0) is 13.1. The maximum Gasteiger partial charge on any atom is 0.134 e. The minimum absolute atomic E-state index is 0.168. The smallest absolute Gasteiger partial charge is 0.134 e. The standard InChI is InChI=1S/C13H16ClNOS2/c1-4-15-11(10-7-8(2)13(14)18-10)12-9(16-3)5-6-17-12/h5-7,11,15H,4H2,1-3H3. The van der Waals surface area contributed by atoms with Gasteiger partial charge in [0.1, 0.15) is 5.75 Å². The highest BCUT2D eigenvalue weighted by atomic mass is 35.5. The number of aryl methyl sites for hydroxylation is 1. The quantitative estimate of drug-likeness (QED) is 0.879. The van der Waals surface area contributed by atoms with Crippen LogP contribution in [0, 0.1) is 6.92 Å². The van der Waals surface area contributed by atoms with Crippen LogP contribution in [-0.2, 0) is 0 Å². The van der Waals surface area contributed by atoms with E-state index >= 15 is 0 Å². The number of nitrogens with one attached hydrogen (secondary N) is 1. The molecular formula is C13H16ClNOS2. The summed E-state index contributed by atoms with van der Waals surface area (Å²) in [5.74, 6) is 0.938. The Hall–Kier alpha value is -0.550. The molecule has 2 rings (SSSR count). The number of ether oxygens (including phenoxy) is 1.